The van der Waals surface area contributed by atoms with E-state index >= 15 is 0 Å². The molecule has 0 spiro atoms. The van der Waals surface area contributed by atoms with Gasteiger partial charge in [-0.05, 0) is 71.6 Å². The van der Waals surface area contributed by atoms with Crippen LogP contribution in [0, 0.1) is 6.92 Å². The van der Waals surface area contributed by atoms with Gasteiger partial charge in [0.05, 0.1) is 18.2 Å². The van der Waals surface area contributed by atoms with Crippen LogP contribution in [0.3, 0.4) is 0 Å². The van der Waals surface area contributed by atoms with E-state index in [0.717, 1.165) is 52.4 Å². The van der Waals surface area contributed by atoms with Crippen LogP contribution in [0.1, 0.15) is 46.5 Å². The molecule has 0 fully saturated rings. The van der Waals surface area contributed by atoms with E-state index in [1.165, 1.54) is 0 Å². The lowest BCUT2D eigenvalue weighted by Gasteiger charge is -2.13. The highest BCUT2D eigenvalue weighted by Gasteiger charge is 2.18. The van der Waals surface area contributed by atoms with Crippen molar-refractivity contribution in [2.45, 2.75) is 33.7 Å². The Morgan fingerprint density at radius 1 is 0.964 bits per heavy atom. The van der Waals surface area contributed by atoms with Crippen LogP contribution in [0.2, 0.25) is 0 Å². The molecule has 148 valence electrons. The van der Waals surface area contributed by atoms with E-state index in [2.05, 4.69) is 29.6 Å². The van der Waals surface area contributed by atoms with Gasteiger partial charge in [-0.1, -0.05) is 0 Å². The summed E-state index contributed by atoms with van der Waals surface area (Å²) in [4.78, 5) is 26.4. The highest BCUT2D eigenvalue weighted by Crippen LogP contribution is 2.36. The fourth-order valence-corrected chi connectivity index (χ4v) is 3.88. The first kappa shape index (κ1) is 20.1. The Kier molecular flexibility index (Phi) is 5.57. The molecular formula is C23H28N2O3. The van der Waals surface area contributed by atoms with Gasteiger partial charge in [0.2, 0.25) is 0 Å². The predicted molar refractivity (Wildman–Crippen MR) is 114 cm³/mol. The molecule has 0 bridgehead atoms. The second-order valence-corrected chi connectivity index (χ2v) is 7.67. The van der Waals surface area contributed by atoms with Crippen LogP contribution in [-0.4, -0.2) is 48.8 Å². The minimum atomic E-state index is -0.0360. The largest absolute Gasteiger partial charge is 0.496 e. The third-order valence-corrected chi connectivity index (χ3v) is 5.28. The number of Topliss-reactive ketones (excluding diaryl/α,β-unsaturated/α-hetero) is 2. The number of methoxy groups -OCH3 is 1. The number of rotatable bonds is 7. The minimum absolute atomic E-state index is 0.0360. The molecule has 1 heterocycles. The Morgan fingerprint density at radius 2 is 1.54 bits per heavy atom. The van der Waals surface area contributed by atoms with Crippen molar-refractivity contribution in [3.63, 3.8) is 0 Å². The molecule has 3 aromatic rings. The lowest BCUT2D eigenvalue weighted by Crippen LogP contribution is -2.15. The minimum Gasteiger partial charge on any atom is -0.496 e. The summed E-state index contributed by atoms with van der Waals surface area (Å²) in [6, 6.07) is 7.90. The molecular weight excluding hydrogens is 352 g/mol. The predicted octanol–water partition coefficient (Wildman–Crippen LogP) is 4.47. The maximum atomic E-state index is 12.1. The summed E-state index contributed by atoms with van der Waals surface area (Å²) < 4.78 is 7.77. The standard InChI is InChI=1S/C23H28N2O3/c1-14-10-21-19(11-17(14)15(2)26)20-12-18(16(3)27)23(28-6)13-22(20)25(21)9-7-8-24(4)5/h10-13H,7-9H2,1-6H3. The molecule has 0 aliphatic rings. The molecule has 0 saturated heterocycles. The van der Waals surface area contributed by atoms with Crippen molar-refractivity contribution >= 4 is 33.4 Å². The van der Waals surface area contributed by atoms with Crippen molar-refractivity contribution in [3.8, 4) is 5.75 Å². The summed E-state index contributed by atoms with van der Waals surface area (Å²) in [5.74, 6) is 0.597. The molecule has 2 aromatic carbocycles. The van der Waals surface area contributed by atoms with Crippen LogP contribution in [-0.2, 0) is 6.54 Å². The topological polar surface area (TPSA) is 51.5 Å². The lowest BCUT2D eigenvalue weighted by atomic mass is 10.0. The lowest BCUT2D eigenvalue weighted by molar-refractivity contribution is 0.100. The molecule has 0 amide bonds. The third kappa shape index (κ3) is 3.54. The van der Waals surface area contributed by atoms with Gasteiger partial charge in [-0.15, -0.1) is 0 Å². The molecule has 1 aromatic heterocycles. The molecule has 0 radical (unpaired) electrons. The molecule has 0 unspecified atom stereocenters. The molecule has 0 atom stereocenters. The number of carbonyl (C=O) groups is 2. The van der Waals surface area contributed by atoms with Gasteiger partial charge < -0.3 is 14.2 Å². The maximum absolute atomic E-state index is 12.1. The Hall–Kier alpha value is -2.66. The first-order chi connectivity index (χ1) is 13.2. The molecule has 0 saturated carbocycles. The highest BCUT2D eigenvalue weighted by atomic mass is 16.5. The number of fused-ring (bicyclic) bond motifs is 3. The fraction of sp³-hybridized carbons (Fsp3) is 0.391. The first-order valence-electron chi connectivity index (χ1n) is 9.55. The van der Waals surface area contributed by atoms with Crippen molar-refractivity contribution in [1.82, 2.24) is 9.47 Å². The second-order valence-electron chi connectivity index (χ2n) is 7.67. The number of hydrogen-bond acceptors (Lipinski definition) is 4. The SMILES string of the molecule is COc1cc2c(cc1C(C)=O)c1cc(C(C)=O)c(C)cc1n2CCCN(C)C. The Labute approximate surface area is 165 Å². The number of benzene rings is 2. The third-order valence-electron chi connectivity index (χ3n) is 5.28. The van der Waals surface area contributed by atoms with Gasteiger partial charge in [-0.2, -0.15) is 0 Å². The van der Waals surface area contributed by atoms with E-state index in [-0.39, 0.29) is 11.6 Å². The van der Waals surface area contributed by atoms with E-state index in [0.29, 0.717) is 11.3 Å². The van der Waals surface area contributed by atoms with Gasteiger partial charge in [0.1, 0.15) is 5.75 Å². The van der Waals surface area contributed by atoms with Crippen LogP contribution in [0.4, 0.5) is 0 Å². The summed E-state index contributed by atoms with van der Waals surface area (Å²) in [5, 5.41) is 1.98. The average molecular weight is 380 g/mol. The van der Waals surface area contributed by atoms with Gasteiger partial charge >= 0.3 is 0 Å². The molecule has 0 aliphatic heterocycles. The van der Waals surface area contributed by atoms with E-state index in [1.807, 2.05) is 25.1 Å². The number of aryl methyl sites for hydroxylation is 2. The number of hydrogen-bond donors (Lipinski definition) is 0. The van der Waals surface area contributed by atoms with Gasteiger partial charge in [0.25, 0.3) is 0 Å². The zero-order valence-corrected chi connectivity index (χ0v) is 17.5. The van der Waals surface area contributed by atoms with E-state index in [1.54, 1.807) is 21.0 Å². The zero-order valence-electron chi connectivity index (χ0n) is 17.5. The second kappa shape index (κ2) is 7.76. The molecule has 5 nitrogen and oxygen atoms in total. The first-order valence-corrected chi connectivity index (χ1v) is 9.55. The summed E-state index contributed by atoms with van der Waals surface area (Å²) >= 11 is 0. The molecule has 5 heteroatoms. The normalized spacial score (nSPS) is 11.5. The van der Waals surface area contributed by atoms with Crippen molar-refractivity contribution in [3.05, 3.63) is 41.0 Å². The monoisotopic (exact) mass is 380 g/mol. The molecule has 0 aliphatic carbocycles. The molecule has 0 N–H and O–H groups in total. The quantitative estimate of drug-likeness (QED) is 0.568. The van der Waals surface area contributed by atoms with Crippen molar-refractivity contribution in [2.75, 3.05) is 27.7 Å². The average Bonchev–Trinajstić information content (AvgIpc) is 2.91. The van der Waals surface area contributed by atoms with E-state index in [9.17, 15) is 9.59 Å². The van der Waals surface area contributed by atoms with Crippen molar-refractivity contribution in [1.29, 1.82) is 0 Å². The van der Waals surface area contributed by atoms with Crippen molar-refractivity contribution in [2.24, 2.45) is 0 Å². The van der Waals surface area contributed by atoms with Gasteiger partial charge in [-0.25, -0.2) is 0 Å². The van der Waals surface area contributed by atoms with E-state index < -0.39 is 0 Å². The van der Waals surface area contributed by atoms with Crippen LogP contribution >= 0.6 is 0 Å². The molecule has 28 heavy (non-hydrogen) atoms. The summed E-state index contributed by atoms with van der Waals surface area (Å²) in [6.45, 7) is 6.94. The van der Waals surface area contributed by atoms with Gasteiger partial charge in [-0.3, -0.25) is 9.59 Å². The summed E-state index contributed by atoms with van der Waals surface area (Å²) in [6.07, 6.45) is 0.996. The Morgan fingerprint density at radius 3 is 2.07 bits per heavy atom. The summed E-state index contributed by atoms with van der Waals surface area (Å²) in [5.41, 5.74) is 4.36. The van der Waals surface area contributed by atoms with Crippen LogP contribution in [0.15, 0.2) is 24.3 Å². The number of ether oxygens (including phenoxy) is 1. The smallest absolute Gasteiger partial charge is 0.163 e. The molecule has 3 rings (SSSR count). The van der Waals surface area contributed by atoms with Crippen LogP contribution in [0.5, 0.6) is 5.75 Å². The highest BCUT2D eigenvalue weighted by molar-refractivity contribution is 6.14. The number of aromatic nitrogens is 1. The number of nitrogens with zero attached hydrogens (tertiary/aromatic N) is 2. The van der Waals surface area contributed by atoms with Crippen molar-refractivity contribution < 1.29 is 14.3 Å². The van der Waals surface area contributed by atoms with E-state index in [4.69, 9.17) is 4.74 Å². The number of carbonyl (C=O) groups excluding carboxylic acids is 2. The summed E-state index contributed by atoms with van der Waals surface area (Å²) in [7, 11) is 5.72. The maximum Gasteiger partial charge on any atom is 0.163 e. The van der Waals surface area contributed by atoms with Crippen LogP contribution in [0.25, 0.3) is 21.8 Å². The Bertz CT molecular complexity index is 1080. The fourth-order valence-electron chi connectivity index (χ4n) is 3.88. The number of ketones is 2. The zero-order chi connectivity index (χ0) is 20.6. The van der Waals surface area contributed by atoms with Gasteiger partial charge in [0, 0.05) is 34.5 Å². The van der Waals surface area contributed by atoms with Gasteiger partial charge in [0.15, 0.2) is 11.6 Å². The van der Waals surface area contributed by atoms with Crippen LogP contribution < -0.4 is 4.74 Å². The Balaban J connectivity index is 2.34.